The number of hydrogen-bond donors (Lipinski definition) is 0. The molecule has 0 radical (unpaired) electrons. The second kappa shape index (κ2) is 7.20. The molecule has 0 N–H and O–H groups in total. The number of imidazole rings is 1. The summed E-state index contributed by atoms with van der Waals surface area (Å²) in [5.41, 5.74) is 1.64. The fraction of sp³-hybridized carbons (Fsp3) is 0.318. The van der Waals surface area contributed by atoms with Crippen molar-refractivity contribution in [1.29, 1.82) is 0 Å². The molecule has 0 saturated carbocycles. The predicted octanol–water partition coefficient (Wildman–Crippen LogP) is 3.03. The van der Waals surface area contributed by atoms with Gasteiger partial charge in [0.25, 0.3) is 0 Å². The largest absolute Gasteiger partial charge is 0.377 e. The van der Waals surface area contributed by atoms with Crippen molar-refractivity contribution in [3.63, 3.8) is 0 Å². The molecule has 2 aliphatic heterocycles. The standard InChI is InChI=1S/C22H21FN8O/c1-3-17-21-28-27-13(2)30(21)18-10-25-22(26-20(18)31(17)16-11-32-12-16)29-9-8-24-19(29)14-4-6-15(23)7-5-14/h4-10,16-17H,3,11-12H2,1-2H3/t17-/m1/s1. The molecule has 0 bridgehead atoms. The fourth-order valence-corrected chi connectivity index (χ4v) is 4.45. The zero-order chi connectivity index (χ0) is 21.8. The Morgan fingerprint density at radius 2 is 1.94 bits per heavy atom. The molecule has 1 aromatic carbocycles. The summed E-state index contributed by atoms with van der Waals surface area (Å²) in [4.78, 5) is 16.4. The van der Waals surface area contributed by atoms with Crippen LogP contribution in [-0.4, -0.2) is 53.5 Å². The van der Waals surface area contributed by atoms with E-state index in [2.05, 4.69) is 32.0 Å². The summed E-state index contributed by atoms with van der Waals surface area (Å²) in [6, 6.07) is 6.49. The van der Waals surface area contributed by atoms with Gasteiger partial charge in [-0.3, -0.25) is 9.13 Å². The molecule has 3 aromatic heterocycles. The normalized spacial score (nSPS) is 17.7. The van der Waals surface area contributed by atoms with Crippen LogP contribution in [0.5, 0.6) is 0 Å². The average molecular weight is 432 g/mol. The zero-order valence-corrected chi connectivity index (χ0v) is 17.7. The van der Waals surface area contributed by atoms with Crippen LogP contribution in [-0.2, 0) is 4.74 Å². The quantitative estimate of drug-likeness (QED) is 0.490. The van der Waals surface area contributed by atoms with Crippen LogP contribution in [0.3, 0.4) is 0 Å². The van der Waals surface area contributed by atoms with Gasteiger partial charge in [-0.2, -0.15) is 4.98 Å². The van der Waals surface area contributed by atoms with Crippen LogP contribution in [0.2, 0.25) is 0 Å². The molecule has 1 fully saturated rings. The Bertz CT molecular complexity index is 1290. The van der Waals surface area contributed by atoms with Crippen molar-refractivity contribution in [3.05, 3.63) is 60.3 Å². The highest BCUT2D eigenvalue weighted by Gasteiger charge is 2.41. The molecule has 0 amide bonds. The molecule has 9 nitrogen and oxygen atoms in total. The maximum absolute atomic E-state index is 13.4. The molecule has 10 heteroatoms. The lowest BCUT2D eigenvalue weighted by atomic mass is 10.0. The van der Waals surface area contributed by atoms with Gasteiger partial charge in [0.15, 0.2) is 11.6 Å². The van der Waals surface area contributed by atoms with Crippen molar-refractivity contribution in [2.45, 2.75) is 32.4 Å². The van der Waals surface area contributed by atoms with Gasteiger partial charge in [0.1, 0.15) is 23.2 Å². The average Bonchev–Trinajstić information content (AvgIpc) is 3.40. The van der Waals surface area contributed by atoms with Crippen molar-refractivity contribution in [3.8, 4) is 23.0 Å². The third-order valence-electron chi connectivity index (χ3n) is 6.07. The van der Waals surface area contributed by atoms with Gasteiger partial charge in [0.2, 0.25) is 5.95 Å². The van der Waals surface area contributed by atoms with Crippen LogP contribution in [0.1, 0.15) is 31.0 Å². The number of ether oxygens (including phenoxy) is 1. The monoisotopic (exact) mass is 432 g/mol. The van der Waals surface area contributed by atoms with E-state index in [0.717, 1.165) is 35.1 Å². The van der Waals surface area contributed by atoms with E-state index < -0.39 is 0 Å². The second-order valence-electron chi connectivity index (χ2n) is 7.97. The Balaban J connectivity index is 1.51. The molecule has 2 aliphatic rings. The Hall–Kier alpha value is -3.66. The van der Waals surface area contributed by atoms with Crippen molar-refractivity contribution in [2.24, 2.45) is 0 Å². The topological polar surface area (TPSA) is 86.8 Å². The smallest absolute Gasteiger partial charge is 0.237 e. The van der Waals surface area contributed by atoms with E-state index in [9.17, 15) is 4.39 Å². The van der Waals surface area contributed by atoms with Crippen molar-refractivity contribution in [1.82, 2.24) is 34.3 Å². The number of anilines is 1. The first-order valence-electron chi connectivity index (χ1n) is 10.6. The number of aromatic nitrogens is 7. The van der Waals surface area contributed by atoms with Crippen LogP contribution in [0.15, 0.2) is 42.9 Å². The van der Waals surface area contributed by atoms with Crippen molar-refractivity contribution >= 4 is 5.82 Å². The summed E-state index contributed by atoms with van der Waals surface area (Å²) in [5.74, 6) is 3.37. The van der Waals surface area contributed by atoms with E-state index in [1.54, 1.807) is 18.3 Å². The van der Waals surface area contributed by atoms with Gasteiger partial charge >= 0.3 is 0 Å². The molecular formula is C22H21FN8O. The lowest BCUT2D eigenvalue weighted by Crippen LogP contribution is -2.53. The van der Waals surface area contributed by atoms with Gasteiger partial charge < -0.3 is 9.64 Å². The minimum Gasteiger partial charge on any atom is -0.377 e. The minimum atomic E-state index is -0.291. The zero-order valence-electron chi connectivity index (χ0n) is 17.7. The Morgan fingerprint density at radius 3 is 2.66 bits per heavy atom. The van der Waals surface area contributed by atoms with Crippen LogP contribution in [0.25, 0.3) is 23.0 Å². The Labute approximate surface area is 183 Å². The Morgan fingerprint density at radius 1 is 1.12 bits per heavy atom. The minimum absolute atomic E-state index is 0.0414. The molecule has 4 aromatic rings. The summed E-state index contributed by atoms with van der Waals surface area (Å²) in [7, 11) is 0. The molecular weight excluding hydrogens is 411 g/mol. The summed E-state index contributed by atoms with van der Waals surface area (Å²) in [6.45, 7) is 5.37. The predicted molar refractivity (Wildman–Crippen MR) is 114 cm³/mol. The number of hydrogen-bond acceptors (Lipinski definition) is 7. The lowest BCUT2D eigenvalue weighted by molar-refractivity contribution is 0.00338. The molecule has 0 unspecified atom stereocenters. The number of rotatable bonds is 4. The van der Waals surface area contributed by atoms with E-state index in [4.69, 9.17) is 9.72 Å². The van der Waals surface area contributed by atoms with E-state index in [1.165, 1.54) is 12.1 Å². The van der Waals surface area contributed by atoms with Crippen LogP contribution >= 0.6 is 0 Å². The molecule has 32 heavy (non-hydrogen) atoms. The third-order valence-corrected chi connectivity index (χ3v) is 6.07. The molecule has 6 rings (SSSR count). The van der Waals surface area contributed by atoms with Gasteiger partial charge in [0.05, 0.1) is 31.5 Å². The molecule has 1 saturated heterocycles. The number of nitrogens with zero attached hydrogens (tertiary/aromatic N) is 8. The first kappa shape index (κ1) is 19.1. The summed E-state index contributed by atoms with van der Waals surface area (Å²) >= 11 is 0. The first-order chi connectivity index (χ1) is 15.7. The molecule has 0 aliphatic carbocycles. The molecule has 5 heterocycles. The molecule has 1 atom stereocenters. The van der Waals surface area contributed by atoms with E-state index in [0.29, 0.717) is 25.0 Å². The highest BCUT2D eigenvalue weighted by atomic mass is 19.1. The highest BCUT2D eigenvalue weighted by Crippen LogP contribution is 2.41. The molecule has 0 spiro atoms. The van der Waals surface area contributed by atoms with E-state index in [1.807, 2.05) is 28.5 Å². The number of fused-ring (bicyclic) bond motifs is 3. The maximum Gasteiger partial charge on any atom is 0.237 e. The third kappa shape index (κ3) is 2.76. The van der Waals surface area contributed by atoms with Gasteiger partial charge in [-0.1, -0.05) is 6.92 Å². The summed E-state index contributed by atoms with van der Waals surface area (Å²) < 4.78 is 22.8. The number of halogens is 1. The second-order valence-corrected chi connectivity index (χ2v) is 7.97. The SMILES string of the molecule is CC[C@@H]1c2nnc(C)n2-c2cnc(-n3ccnc3-c3ccc(F)cc3)nc2N1C1COC1. The Kier molecular flexibility index (Phi) is 4.29. The highest BCUT2D eigenvalue weighted by molar-refractivity contribution is 5.64. The van der Waals surface area contributed by atoms with Crippen molar-refractivity contribution < 1.29 is 9.13 Å². The first-order valence-corrected chi connectivity index (χ1v) is 10.6. The van der Waals surface area contributed by atoms with Gasteiger partial charge in [-0.25, -0.2) is 14.4 Å². The summed E-state index contributed by atoms with van der Waals surface area (Å²) in [5, 5.41) is 8.78. The number of benzene rings is 1. The maximum atomic E-state index is 13.4. The van der Waals surface area contributed by atoms with Gasteiger partial charge in [-0.15, -0.1) is 10.2 Å². The number of aryl methyl sites for hydroxylation is 1. The van der Waals surface area contributed by atoms with Gasteiger partial charge in [-0.05, 0) is 37.6 Å². The van der Waals surface area contributed by atoms with Crippen molar-refractivity contribution in [2.75, 3.05) is 18.1 Å². The van der Waals surface area contributed by atoms with E-state index in [-0.39, 0.29) is 17.9 Å². The van der Waals surface area contributed by atoms with Crippen LogP contribution in [0.4, 0.5) is 10.2 Å². The van der Waals surface area contributed by atoms with E-state index >= 15 is 0 Å². The van der Waals surface area contributed by atoms with Crippen LogP contribution in [0, 0.1) is 12.7 Å². The summed E-state index contributed by atoms with van der Waals surface area (Å²) in [6.07, 6.45) is 6.17. The fourth-order valence-electron chi connectivity index (χ4n) is 4.45. The lowest BCUT2D eigenvalue weighted by Gasteiger charge is -2.45. The van der Waals surface area contributed by atoms with Gasteiger partial charge in [0, 0.05) is 18.0 Å². The molecule has 162 valence electrons. The van der Waals surface area contributed by atoms with Crippen LogP contribution < -0.4 is 4.90 Å².